The number of hydrogen-bond donors (Lipinski definition) is 1. The molecule has 134 valence electrons. The van der Waals surface area contributed by atoms with Gasteiger partial charge in [0.25, 0.3) is 0 Å². The minimum Gasteiger partial charge on any atom is -0.473 e. The second-order valence-electron chi connectivity index (χ2n) is 5.46. The molecule has 0 unspecified atom stereocenters. The van der Waals surface area contributed by atoms with Gasteiger partial charge in [-0.25, -0.2) is 4.98 Å². The van der Waals surface area contributed by atoms with E-state index in [-0.39, 0.29) is 5.69 Å². The molecule has 0 atom stereocenters. The van der Waals surface area contributed by atoms with Crippen LogP contribution in [0.15, 0.2) is 66.9 Å². The van der Waals surface area contributed by atoms with E-state index in [9.17, 15) is 13.2 Å². The van der Waals surface area contributed by atoms with Gasteiger partial charge in [-0.15, -0.1) is 13.2 Å². The summed E-state index contributed by atoms with van der Waals surface area (Å²) in [5.41, 5.74) is 7.56. The maximum atomic E-state index is 12.4. The number of halogens is 3. The molecule has 1 heterocycles. The molecule has 0 radical (unpaired) electrons. The summed E-state index contributed by atoms with van der Waals surface area (Å²) in [7, 11) is 0. The molecule has 0 fully saturated rings. The largest absolute Gasteiger partial charge is 0.573 e. The monoisotopic (exact) mass is 360 g/mol. The predicted octanol–water partition coefficient (Wildman–Crippen LogP) is 4.81. The molecule has 26 heavy (non-hydrogen) atoms. The van der Waals surface area contributed by atoms with Crippen molar-refractivity contribution in [1.29, 1.82) is 0 Å². The molecule has 2 aromatic carbocycles. The van der Waals surface area contributed by atoms with Gasteiger partial charge in [0.1, 0.15) is 6.61 Å². The third-order valence-electron chi connectivity index (χ3n) is 3.54. The number of rotatable bonds is 5. The fraction of sp³-hybridized carbons (Fsp3) is 0.105. The maximum Gasteiger partial charge on any atom is 0.573 e. The van der Waals surface area contributed by atoms with Crippen molar-refractivity contribution in [2.24, 2.45) is 0 Å². The average molecular weight is 360 g/mol. The molecular weight excluding hydrogens is 345 g/mol. The molecule has 0 saturated heterocycles. The van der Waals surface area contributed by atoms with Gasteiger partial charge in [0.15, 0.2) is 5.75 Å². The van der Waals surface area contributed by atoms with E-state index >= 15 is 0 Å². The van der Waals surface area contributed by atoms with E-state index in [1.165, 1.54) is 18.3 Å². The van der Waals surface area contributed by atoms with E-state index < -0.39 is 12.1 Å². The number of alkyl halides is 3. The number of benzene rings is 2. The Balaban J connectivity index is 1.73. The third-order valence-corrected chi connectivity index (χ3v) is 3.54. The lowest BCUT2D eigenvalue weighted by Gasteiger charge is -2.12. The zero-order valence-corrected chi connectivity index (χ0v) is 13.5. The molecule has 0 bridgehead atoms. The van der Waals surface area contributed by atoms with Crippen molar-refractivity contribution in [3.63, 3.8) is 0 Å². The molecule has 2 N–H and O–H groups in total. The van der Waals surface area contributed by atoms with Crippen LogP contribution >= 0.6 is 0 Å². The SMILES string of the molecule is Nc1ccc(-c2ccc(OCc3ccccc3)nc2)cc1OC(F)(F)F. The fourth-order valence-electron chi connectivity index (χ4n) is 2.29. The molecule has 4 nitrogen and oxygen atoms in total. The van der Waals surface area contributed by atoms with Gasteiger partial charge in [-0.3, -0.25) is 0 Å². The Morgan fingerprint density at radius 1 is 0.923 bits per heavy atom. The Morgan fingerprint density at radius 3 is 2.31 bits per heavy atom. The molecule has 3 rings (SSSR count). The van der Waals surface area contributed by atoms with Crippen molar-refractivity contribution in [3.05, 3.63) is 72.4 Å². The van der Waals surface area contributed by atoms with E-state index in [1.54, 1.807) is 18.2 Å². The number of aromatic nitrogens is 1. The van der Waals surface area contributed by atoms with Crippen LogP contribution in [-0.4, -0.2) is 11.3 Å². The van der Waals surface area contributed by atoms with E-state index in [2.05, 4.69) is 9.72 Å². The summed E-state index contributed by atoms with van der Waals surface area (Å²) < 4.78 is 46.8. The second kappa shape index (κ2) is 7.35. The first kappa shape index (κ1) is 17.6. The summed E-state index contributed by atoms with van der Waals surface area (Å²) in [6, 6.07) is 17.2. The van der Waals surface area contributed by atoms with Crippen molar-refractivity contribution >= 4 is 5.69 Å². The van der Waals surface area contributed by atoms with Crippen LogP contribution in [0, 0.1) is 0 Å². The van der Waals surface area contributed by atoms with Crippen LogP contribution in [-0.2, 0) is 6.61 Å². The molecule has 0 spiro atoms. The minimum absolute atomic E-state index is 0.0955. The number of nitrogens with two attached hydrogens (primary N) is 1. The molecule has 3 aromatic rings. The summed E-state index contributed by atoms with van der Waals surface area (Å²) in [6.07, 6.45) is -3.29. The summed E-state index contributed by atoms with van der Waals surface area (Å²) in [5.74, 6) is -0.0285. The Labute approximate surface area is 148 Å². The topological polar surface area (TPSA) is 57.4 Å². The zero-order valence-electron chi connectivity index (χ0n) is 13.5. The summed E-state index contributed by atoms with van der Waals surface area (Å²) in [6.45, 7) is 0.374. The molecule has 0 amide bonds. The van der Waals surface area contributed by atoms with Crippen LogP contribution in [0.3, 0.4) is 0 Å². The highest BCUT2D eigenvalue weighted by Crippen LogP contribution is 2.33. The van der Waals surface area contributed by atoms with Crippen molar-refractivity contribution in [2.45, 2.75) is 13.0 Å². The lowest BCUT2D eigenvalue weighted by atomic mass is 10.1. The number of anilines is 1. The van der Waals surface area contributed by atoms with Crippen LogP contribution in [0.5, 0.6) is 11.6 Å². The van der Waals surface area contributed by atoms with Crippen LogP contribution in [0.2, 0.25) is 0 Å². The van der Waals surface area contributed by atoms with Gasteiger partial charge in [0, 0.05) is 17.8 Å². The van der Waals surface area contributed by atoms with E-state index in [4.69, 9.17) is 10.5 Å². The summed E-state index contributed by atoms with van der Waals surface area (Å²) in [5, 5.41) is 0. The lowest BCUT2D eigenvalue weighted by Crippen LogP contribution is -2.18. The first-order valence-corrected chi connectivity index (χ1v) is 7.69. The summed E-state index contributed by atoms with van der Waals surface area (Å²) in [4.78, 5) is 4.18. The highest BCUT2D eigenvalue weighted by molar-refractivity contribution is 5.69. The molecule has 0 aliphatic carbocycles. The minimum atomic E-state index is -4.81. The number of pyridine rings is 1. The first-order valence-electron chi connectivity index (χ1n) is 7.69. The quantitative estimate of drug-likeness (QED) is 0.664. The van der Waals surface area contributed by atoms with Gasteiger partial charge in [0.2, 0.25) is 5.88 Å². The second-order valence-corrected chi connectivity index (χ2v) is 5.46. The highest BCUT2D eigenvalue weighted by atomic mass is 19.4. The van der Waals surface area contributed by atoms with Gasteiger partial charge < -0.3 is 15.2 Å². The normalized spacial score (nSPS) is 11.2. The van der Waals surface area contributed by atoms with E-state index in [1.807, 2.05) is 30.3 Å². The molecule has 0 saturated carbocycles. The maximum absolute atomic E-state index is 12.4. The number of nitrogens with zero attached hydrogens (tertiary/aromatic N) is 1. The Bertz CT molecular complexity index is 866. The van der Waals surface area contributed by atoms with E-state index in [0.29, 0.717) is 23.6 Å². The van der Waals surface area contributed by atoms with Crippen molar-refractivity contribution in [3.8, 4) is 22.8 Å². The van der Waals surface area contributed by atoms with E-state index in [0.717, 1.165) is 5.56 Å². The number of hydrogen-bond acceptors (Lipinski definition) is 4. The van der Waals surface area contributed by atoms with Gasteiger partial charge in [0.05, 0.1) is 5.69 Å². The smallest absolute Gasteiger partial charge is 0.473 e. The van der Waals surface area contributed by atoms with Crippen LogP contribution in [0.4, 0.5) is 18.9 Å². The van der Waals surface area contributed by atoms with Crippen LogP contribution in [0.25, 0.3) is 11.1 Å². The Kier molecular flexibility index (Phi) is 4.97. The number of nitrogen functional groups attached to an aromatic ring is 1. The zero-order chi connectivity index (χ0) is 18.6. The van der Waals surface area contributed by atoms with Gasteiger partial charge in [-0.1, -0.05) is 36.4 Å². The molecule has 0 aliphatic heterocycles. The fourth-order valence-corrected chi connectivity index (χ4v) is 2.29. The summed E-state index contributed by atoms with van der Waals surface area (Å²) >= 11 is 0. The average Bonchev–Trinajstić information content (AvgIpc) is 2.62. The van der Waals surface area contributed by atoms with Crippen molar-refractivity contribution in [1.82, 2.24) is 4.98 Å². The highest BCUT2D eigenvalue weighted by Gasteiger charge is 2.32. The van der Waals surface area contributed by atoms with Gasteiger partial charge in [-0.05, 0) is 29.3 Å². The van der Waals surface area contributed by atoms with Crippen molar-refractivity contribution in [2.75, 3.05) is 5.73 Å². The Morgan fingerprint density at radius 2 is 1.65 bits per heavy atom. The Hall–Kier alpha value is -3.22. The van der Waals surface area contributed by atoms with Gasteiger partial charge >= 0.3 is 6.36 Å². The lowest BCUT2D eigenvalue weighted by molar-refractivity contribution is -0.274. The van der Waals surface area contributed by atoms with Gasteiger partial charge in [-0.2, -0.15) is 0 Å². The predicted molar refractivity (Wildman–Crippen MR) is 91.5 cm³/mol. The van der Waals surface area contributed by atoms with Crippen LogP contribution in [0.1, 0.15) is 5.56 Å². The molecular formula is C19H15F3N2O2. The third kappa shape index (κ3) is 4.66. The molecule has 7 heteroatoms. The number of ether oxygens (including phenoxy) is 2. The molecule has 0 aliphatic rings. The first-order chi connectivity index (χ1) is 12.4. The van der Waals surface area contributed by atoms with Crippen molar-refractivity contribution < 1.29 is 22.6 Å². The van der Waals surface area contributed by atoms with Crippen LogP contribution < -0.4 is 15.2 Å². The standard InChI is InChI=1S/C19H15F3N2O2/c20-19(21,22)26-17-10-14(6-8-16(17)23)15-7-9-18(24-11-15)25-12-13-4-2-1-3-5-13/h1-11H,12,23H2. The molecule has 1 aromatic heterocycles.